The molecule has 1 aliphatic heterocycles. The van der Waals surface area contributed by atoms with Gasteiger partial charge in [0.1, 0.15) is 0 Å². The summed E-state index contributed by atoms with van der Waals surface area (Å²) in [5.74, 6) is 0.179. The molecule has 0 aromatic carbocycles. The highest BCUT2D eigenvalue weighted by molar-refractivity contribution is 5.04. The lowest BCUT2D eigenvalue weighted by Crippen LogP contribution is -2.36. The Labute approximate surface area is 73.5 Å². The quantitative estimate of drug-likeness (QED) is 0.551. The van der Waals surface area contributed by atoms with Gasteiger partial charge in [-0.05, 0) is 19.3 Å². The van der Waals surface area contributed by atoms with E-state index in [9.17, 15) is 0 Å². The smallest absolute Gasteiger partial charge is 0.0840 e. The van der Waals surface area contributed by atoms with Gasteiger partial charge in [0.15, 0.2) is 0 Å². The molecule has 0 amide bonds. The zero-order valence-electron chi connectivity index (χ0n) is 7.38. The number of nitrogens with zero attached hydrogens (tertiary/aromatic N) is 1. The lowest BCUT2D eigenvalue weighted by molar-refractivity contribution is -0.0387. The molecule has 1 heterocycles. The molecular formula is C10H15NO. The first-order valence-corrected chi connectivity index (χ1v) is 4.91. The van der Waals surface area contributed by atoms with Crippen LogP contribution >= 0.6 is 0 Å². The number of nitriles is 1. The Balaban J connectivity index is 2.12. The lowest BCUT2D eigenvalue weighted by Gasteiger charge is -2.34. The summed E-state index contributed by atoms with van der Waals surface area (Å²) in [5.41, 5.74) is -0.0208. The summed E-state index contributed by atoms with van der Waals surface area (Å²) in [6, 6.07) is 2.40. The Morgan fingerprint density at radius 3 is 2.67 bits per heavy atom. The minimum absolute atomic E-state index is 0.0208. The lowest BCUT2D eigenvalue weighted by atomic mass is 9.76. The van der Waals surface area contributed by atoms with E-state index in [4.69, 9.17) is 10.00 Å². The number of hydrogen-bond donors (Lipinski definition) is 0. The Hall–Kier alpha value is -0.550. The maximum atomic E-state index is 8.95. The Morgan fingerprint density at radius 1 is 1.25 bits per heavy atom. The fourth-order valence-electron chi connectivity index (χ4n) is 2.57. The molecule has 1 unspecified atom stereocenters. The minimum Gasteiger partial charge on any atom is -0.374 e. The first-order chi connectivity index (χ1) is 5.87. The van der Waals surface area contributed by atoms with Crippen LogP contribution in [-0.2, 0) is 4.74 Å². The highest BCUT2D eigenvalue weighted by Crippen LogP contribution is 2.42. The molecule has 0 aromatic rings. The van der Waals surface area contributed by atoms with Crippen molar-refractivity contribution in [2.75, 3.05) is 6.61 Å². The molecule has 12 heavy (non-hydrogen) atoms. The summed E-state index contributed by atoms with van der Waals surface area (Å²) in [5, 5.41) is 8.95. The second-order valence-electron chi connectivity index (χ2n) is 3.94. The summed E-state index contributed by atoms with van der Waals surface area (Å²) in [6.45, 7) is 0.804. The highest BCUT2D eigenvalue weighted by Gasteiger charge is 2.44. The molecular weight excluding hydrogens is 150 g/mol. The predicted molar refractivity (Wildman–Crippen MR) is 45.5 cm³/mol. The van der Waals surface area contributed by atoms with Gasteiger partial charge in [0.2, 0.25) is 0 Å². The van der Waals surface area contributed by atoms with Gasteiger partial charge < -0.3 is 4.74 Å². The molecule has 0 aromatic heterocycles. The summed E-state index contributed by atoms with van der Waals surface area (Å²) in [4.78, 5) is 0. The molecule has 0 N–H and O–H groups in total. The molecule has 2 aliphatic rings. The van der Waals surface area contributed by atoms with Crippen LogP contribution in [0, 0.1) is 17.2 Å². The molecule has 2 nitrogen and oxygen atoms in total. The Morgan fingerprint density at radius 2 is 2.00 bits per heavy atom. The van der Waals surface area contributed by atoms with E-state index in [-0.39, 0.29) is 11.5 Å². The van der Waals surface area contributed by atoms with E-state index in [1.54, 1.807) is 0 Å². The van der Waals surface area contributed by atoms with Gasteiger partial charge in [-0.3, -0.25) is 0 Å². The monoisotopic (exact) mass is 165 g/mol. The van der Waals surface area contributed by atoms with E-state index < -0.39 is 0 Å². The average Bonchev–Trinajstić information content (AvgIpc) is 2.49. The van der Waals surface area contributed by atoms with Gasteiger partial charge in [0, 0.05) is 6.61 Å². The Kier molecular flexibility index (Phi) is 2.06. The fourth-order valence-corrected chi connectivity index (χ4v) is 2.57. The van der Waals surface area contributed by atoms with Crippen molar-refractivity contribution in [1.29, 1.82) is 5.26 Å². The summed E-state index contributed by atoms with van der Waals surface area (Å²) < 4.78 is 5.76. The van der Waals surface area contributed by atoms with Crippen LogP contribution in [0.25, 0.3) is 0 Å². The van der Waals surface area contributed by atoms with E-state index in [0.717, 1.165) is 25.9 Å². The fraction of sp³-hybridized carbons (Fsp3) is 0.900. The maximum absolute atomic E-state index is 8.95. The molecule has 0 radical (unpaired) electrons. The van der Waals surface area contributed by atoms with E-state index in [2.05, 4.69) is 6.07 Å². The summed E-state index contributed by atoms with van der Waals surface area (Å²) in [7, 11) is 0. The topological polar surface area (TPSA) is 33.0 Å². The molecule has 1 saturated carbocycles. The van der Waals surface area contributed by atoms with Gasteiger partial charge in [0.25, 0.3) is 0 Å². The van der Waals surface area contributed by atoms with Crippen molar-refractivity contribution < 1.29 is 4.74 Å². The van der Waals surface area contributed by atoms with Crippen LogP contribution in [0.2, 0.25) is 0 Å². The van der Waals surface area contributed by atoms with Crippen LogP contribution in [0.15, 0.2) is 0 Å². The molecule has 1 saturated heterocycles. The third-order valence-electron chi connectivity index (χ3n) is 3.29. The standard InChI is InChI=1S/C10H15NO/c11-8-9-4-7-12-10(9)5-2-1-3-6-10/h9H,1-7H2. The normalized spacial score (nSPS) is 33.4. The minimum atomic E-state index is -0.0208. The van der Waals surface area contributed by atoms with Gasteiger partial charge in [-0.2, -0.15) is 5.26 Å². The van der Waals surface area contributed by atoms with Crippen molar-refractivity contribution in [2.45, 2.75) is 44.1 Å². The Bertz CT molecular complexity index is 200. The number of hydrogen-bond acceptors (Lipinski definition) is 2. The van der Waals surface area contributed by atoms with Crippen molar-refractivity contribution in [3.05, 3.63) is 0 Å². The van der Waals surface area contributed by atoms with Crippen molar-refractivity contribution in [3.8, 4) is 6.07 Å². The second-order valence-corrected chi connectivity index (χ2v) is 3.94. The molecule has 1 spiro atoms. The third-order valence-corrected chi connectivity index (χ3v) is 3.29. The van der Waals surface area contributed by atoms with Crippen molar-refractivity contribution in [3.63, 3.8) is 0 Å². The van der Waals surface area contributed by atoms with E-state index >= 15 is 0 Å². The van der Waals surface area contributed by atoms with Crippen LogP contribution < -0.4 is 0 Å². The largest absolute Gasteiger partial charge is 0.374 e. The van der Waals surface area contributed by atoms with Crippen molar-refractivity contribution in [1.82, 2.24) is 0 Å². The summed E-state index contributed by atoms with van der Waals surface area (Å²) in [6.07, 6.45) is 7.01. The SMILES string of the molecule is N#CC1CCOC12CCCCC2. The van der Waals surface area contributed by atoms with Gasteiger partial charge >= 0.3 is 0 Å². The molecule has 2 rings (SSSR count). The van der Waals surface area contributed by atoms with E-state index in [0.29, 0.717) is 0 Å². The van der Waals surface area contributed by atoms with Crippen LogP contribution in [0.3, 0.4) is 0 Å². The maximum Gasteiger partial charge on any atom is 0.0840 e. The van der Waals surface area contributed by atoms with Crippen LogP contribution in [-0.4, -0.2) is 12.2 Å². The van der Waals surface area contributed by atoms with Gasteiger partial charge in [-0.25, -0.2) is 0 Å². The zero-order chi connectivity index (χ0) is 8.44. The summed E-state index contributed by atoms with van der Waals surface area (Å²) >= 11 is 0. The number of rotatable bonds is 0. The first kappa shape index (κ1) is 8.07. The highest BCUT2D eigenvalue weighted by atomic mass is 16.5. The van der Waals surface area contributed by atoms with Crippen molar-refractivity contribution >= 4 is 0 Å². The predicted octanol–water partition coefficient (Wildman–Crippen LogP) is 2.25. The van der Waals surface area contributed by atoms with Gasteiger partial charge in [-0.1, -0.05) is 19.3 Å². The average molecular weight is 165 g/mol. The molecule has 2 fully saturated rings. The van der Waals surface area contributed by atoms with E-state index in [1.807, 2.05) is 0 Å². The molecule has 2 heteroatoms. The third kappa shape index (κ3) is 1.13. The molecule has 1 aliphatic carbocycles. The van der Waals surface area contributed by atoms with E-state index in [1.165, 1.54) is 19.3 Å². The van der Waals surface area contributed by atoms with Gasteiger partial charge in [-0.15, -0.1) is 0 Å². The second kappa shape index (κ2) is 3.06. The molecule has 1 atom stereocenters. The van der Waals surface area contributed by atoms with Crippen LogP contribution in [0.1, 0.15) is 38.5 Å². The number of ether oxygens (including phenoxy) is 1. The van der Waals surface area contributed by atoms with Gasteiger partial charge in [0.05, 0.1) is 17.6 Å². The van der Waals surface area contributed by atoms with Crippen molar-refractivity contribution in [2.24, 2.45) is 5.92 Å². The first-order valence-electron chi connectivity index (χ1n) is 4.91. The zero-order valence-corrected chi connectivity index (χ0v) is 7.38. The molecule has 0 bridgehead atoms. The van der Waals surface area contributed by atoms with Crippen LogP contribution in [0.5, 0.6) is 0 Å². The molecule has 66 valence electrons. The van der Waals surface area contributed by atoms with Crippen LogP contribution in [0.4, 0.5) is 0 Å².